The molecule has 2 rings (SSSR count). The second kappa shape index (κ2) is 4.29. The van der Waals surface area contributed by atoms with Crippen molar-refractivity contribution in [2.24, 2.45) is 0 Å². The lowest BCUT2D eigenvalue weighted by molar-refractivity contribution is -0.140. The van der Waals surface area contributed by atoms with E-state index in [4.69, 9.17) is 9.52 Å². The Balaban J connectivity index is 2.46. The molecular formula is C12H10O5. The Morgan fingerprint density at radius 1 is 1.41 bits per heavy atom. The third kappa shape index (κ3) is 2.13. The SMILES string of the molecule is COC(=O)Cc1cc2cccc(C(=O)O)c2o1. The molecule has 5 heteroatoms. The number of fused-ring (bicyclic) bond motifs is 1. The average molecular weight is 234 g/mol. The molecule has 0 saturated heterocycles. The number of hydrogen-bond acceptors (Lipinski definition) is 4. The van der Waals surface area contributed by atoms with Crippen LogP contribution < -0.4 is 0 Å². The Hall–Kier alpha value is -2.30. The van der Waals surface area contributed by atoms with E-state index in [1.54, 1.807) is 18.2 Å². The molecule has 0 bridgehead atoms. The summed E-state index contributed by atoms with van der Waals surface area (Å²) in [6.07, 6.45) is -0.00968. The summed E-state index contributed by atoms with van der Waals surface area (Å²) in [7, 11) is 1.29. The van der Waals surface area contributed by atoms with E-state index >= 15 is 0 Å². The highest BCUT2D eigenvalue weighted by Crippen LogP contribution is 2.23. The van der Waals surface area contributed by atoms with E-state index in [0.717, 1.165) is 0 Å². The lowest BCUT2D eigenvalue weighted by Gasteiger charge is -1.95. The number of carbonyl (C=O) groups is 2. The fraction of sp³-hybridized carbons (Fsp3) is 0.167. The molecule has 0 spiro atoms. The number of furan rings is 1. The largest absolute Gasteiger partial charge is 0.478 e. The van der Waals surface area contributed by atoms with Crippen molar-refractivity contribution in [3.63, 3.8) is 0 Å². The number of ether oxygens (including phenoxy) is 1. The van der Waals surface area contributed by atoms with E-state index in [1.807, 2.05) is 0 Å². The number of esters is 1. The Bertz CT molecular complexity index is 582. The first kappa shape index (κ1) is 11.2. The van der Waals surface area contributed by atoms with Gasteiger partial charge in [-0.3, -0.25) is 4.79 Å². The fourth-order valence-corrected chi connectivity index (χ4v) is 1.59. The van der Waals surface area contributed by atoms with Gasteiger partial charge in [0.05, 0.1) is 7.11 Å². The van der Waals surface area contributed by atoms with Gasteiger partial charge in [0.15, 0.2) is 0 Å². The quantitative estimate of drug-likeness (QED) is 0.820. The van der Waals surface area contributed by atoms with Crippen LogP contribution in [0.3, 0.4) is 0 Å². The average Bonchev–Trinajstić information content (AvgIpc) is 2.70. The molecule has 0 fully saturated rings. The van der Waals surface area contributed by atoms with Crippen molar-refractivity contribution in [3.05, 3.63) is 35.6 Å². The molecule has 0 unspecified atom stereocenters. The van der Waals surface area contributed by atoms with Gasteiger partial charge >= 0.3 is 11.9 Å². The zero-order valence-corrected chi connectivity index (χ0v) is 9.10. The van der Waals surface area contributed by atoms with Crippen LogP contribution in [0.5, 0.6) is 0 Å². The molecule has 1 N–H and O–H groups in total. The van der Waals surface area contributed by atoms with Gasteiger partial charge in [-0.1, -0.05) is 12.1 Å². The van der Waals surface area contributed by atoms with Gasteiger partial charge in [0.2, 0.25) is 0 Å². The van der Waals surface area contributed by atoms with Crippen molar-refractivity contribution >= 4 is 22.9 Å². The van der Waals surface area contributed by atoms with Gasteiger partial charge in [0.1, 0.15) is 23.3 Å². The van der Waals surface area contributed by atoms with E-state index in [0.29, 0.717) is 11.1 Å². The maximum absolute atomic E-state index is 11.1. The van der Waals surface area contributed by atoms with E-state index in [1.165, 1.54) is 13.2 Å². The third-order valence-corrected chi connectivity index (χ3v) is 2.37. The lowest BCUT2D eigenvalue weighted by atomic mass is 10.1. The first-order valence-electron chi connectivity index (χ1n) is 4.93. The Morgan fingerprint density at radius 2 is 2.18 bits per heavy atom. The van der Waals surface area contributed by atoms with E-state index in [-0.39, 0.29) is 17.6 Å². The molecule has 1 aromatic carbocycles. The van der Waals surface area contributed by atoms with E-state index in [9.17, 15) is 9.59 Å². The van der Waals surface area contributed by atoms with Crippen LogP contribution in [0.4, 0.5) is 0 Å². The van der Waals surface area contributed by atoms with Crippen LogP contribution in [-0.4, -0.2) is 24.2 Å². The molecule has 0 aliphatic rings. The molecule has 88 valence electrons. The molecule has 0 saturated carbocycles. The number of carboxylic acid groups (broad SMARTS) is 1. The number of carbonyl (C=O) groups excluding carboxylic acids is 1. The molecule has 1 aromatic heterocycles. The van der Waals surface area contributed by atoms with Gasteiger partial charge in [-0.15, -0.1) is 0 Å². The van der Waals surface area contributed by atoms with Gasteiger partial charge in [0, 0.05) is 5.39 Å². The lowest BCUT2D eigenvalue weighted by Crippen LogP contribution is -2.03. The van der Waals surface area contributed by atoms with Crippen LogP contribution in [0.25, 0.3) is 11.0 Å². The highest BCUT2D eigenvalue weighted by atomic mass is 16.5. The van der Waals surface area contributed by atoms with Gasteiger partial charge in [-0.25, -0.2) is 4.79 Å². The first-order chi connectivity index (χ1) is 8.11. The van der Waals surface area contributed by atoms with Crippen LogP contribution in [0.1, 0.15) is 16.1 Å². The summed E-state index contributed by atoms with van der Waals surface area (Å²) < 4.78 is 9.86. The molecule has 0 radical (unpaired) electrons. The topological polar surface area (TPSA) is 76.7 Å². The maximum atomic E-state index is 11.1. The summed E-state index contributed by atoms with van der Waals surface area (Å²) in [5.41, 5.74) is 0.359. The van der Waals surface area contributed by atoms with Crippen LogP contribution in [-0.2, 0) is 16.0 Å². The summed E-state index contributed by atoms with van der Waals surface area (Å²) in [5.74, 6) is -1.10. The number of benzene rings is 1. The molecule has 2 aromatic rings. The van der Waals surface area contributed by atoms with Crippen LogP contribution in [0, 0.1) is 0 Å². The van der Waals surface area contributed by atoms with Crippen molar-refractivity contribution in [2.75, 3.05) is 7.11 Å². The highest BCUT2D eigenvalue weighted by Gasteiger charge is 2.14. The van der Waals surface area contributed by atoms with Gasteiger partial charge in [0.25, 0.3) is 0 Å². The van der Waals surface area contributed by atoms with Crippen molar-refractivity contribution in [1.82, 2.24) is 0 Å². The maximum Gasteiger partial charge on any atom is 0.339 e. The predicted octanol–water partition coefficient (Wildman–Crippen LogP) is 1.85. The summed E-state index contributed by atoms with van der Waals surface area (Å²) in [4.78, 5) is 22.0. The summed E-state index contributed by atoms with van der Waals surface area (Å²) in [5, 5.41) is 9.62. The standard InChI is InChI=1S/C12H10O5/c1-16-10(13)6-8-5-7-3-2-4-9(12(14)15)11(7)17-8/h2-5H,6H2,1H3,(H,14,15). The van der Waals surface area contributed by atoms with Crippen molar-refractivity contribution in [2.45, 2.75) is 6.42 Å². The molecule has 0 atom stereocenters. The Kier molecular flexibility index (Phi) is 2.82. The van der Waals surface area contributed by atoms with Crippen molar-refractivity contribution in [1.29, 1.82) is 0 Å². The van der Waals surface area contributed by atoms with E-state index in [2.05, 4.69) is 4.74 Å². The fourth-order valence-electron chi connectivity index (χ4n) is 1.59. The van der Waals surface area contributed by atoms with Gasteiger partial charge < -0.3 is 14.3 Å². The minimum Gasteiger partial charge on any atom is -0.478 e. The first-order valence-corrected chi connectivity index (χ1v) is 4.93. The second-order valence-corrected chi connectivity index (χ2v) is 3.49. The minimum absolute atomic E-state index is 0.00968. The second-order valence-electron chi connectivity index (χ2n) is 3.49. The summed E-state index contributed by atoms with van der Waals surface area (Å²) >= 11 is 0. The molecule has 0 amide bonds. The van der Waals surface area contributed by atoms with Crippen LogP contribution >= 0.6 is 0 Å². The molecule has 0 aliphatic carbocycles. The normalized spacial score (nSPS) is 10.4. The minimum atomic E-state index is -1.06. The molecular weight excluding hydrogens is 224 g/mol. The summed E-state index contributed by atoms with van der Waals surface area (Å²) in [6.45, 7) is 0. The highest BCUT2D eigenvalue weighted by molar-refractivity contribution is 6.01. The van der Waals surface area contributed by atoms with Crippen molar-refractivity contribution < 1.29 is 23.8 Å². The van der Waals surface area contributed by atoms with Crippen LogP contribution in [0.2, 0.25) is 0 Å². The number of aromatic carboxylic acids is 1. The van der Waals surface area contributed by atoms with Gasteiger partial charge in [-0.2, -0.15) is 0 Å². The van der Waals surface area contributed by atoms with Crippen LogP contribution in [0.15, 0.2) is 28.7 Å². The molecule has 1 heterocycles. The smallest absolute Gasteiger partial charge is 0.339 e. The molecule has 0 aliphatic heterocycles. The Labute approximate surface area is 96.6 Å². The number of hydrogen-bond donors (Lipinski definition) is 1. The number of rotatable bonds is 3. The Morgan fingerprint density at radius 3 is 2.82 bits per heavy atom. The molecule has 5 nitrogen and oxygen atoms in total. The van der Waals surface area contributed by atoms with Crippen molar-refractivity contribution in [3.8, 4) is 0 Å². The van der Waals surface area contributed by atoms with E-state index < -0.39 is 11.9 Å². The zero-order chi connectivity index (χ0) is 12.4. The number of para-hydroxylation sites is 1. The summed E-state index contributed by atoms with van der Waals surface area (Å²) in [6, 6.07) is 6.45. The number of methoxy groups -OCH3 is 1. The monoisotopic (exact) mass is 234 g/mol. The zero-order valence-electron chi connectivity index (χ0n) is 9.10. The third-order valence-electron chi connectivity index (χ3n) is 2.37. The number of carboxylic acids is 1. The molecule has 17 heavy (non-hydrogen) atoms. The predicted molar refractivity (Wildman–Crippen MR) is 58.9 cm³/mol. The van der Waals surface area contributed by atoms with Gasteiger partial charge in [-0.05, 0) is 12.1 Å².